The van der Waals surface area contributed by atoms with Crippen molar-refractivity contribution >= 4 is 78.8 Å². The first-order chi connectivity index (χ1) is 17.7. The zero-order valence-corrected chi connectivity index (χ0v) is 21.1. The zero-order chi connectivity index (χ0) is 24.0. The smallest absolute Gasteiger partial charge is 0.112 e. The van der Waals surface area contributed by atoms with Crippen LogP contribution in [0.5, 0.6) is 0 Å². The van der Waals surface area contributed by atoms with Crippen LogP contribution in [0, 0.1) is 13.8 Å². The van der Waals surface area contributed by atoms with Crippen molar-refractivity contribution in [3.63, 3.8) is 0 Å². The van der Waals surface area contributed by atoms with Gasteiger partial charge in [-0.05, 0) is 53.9 Å². The minimum Gasteiger partial charge on any atom is -0.360 e. The van der Waals surface area contributed by atoms with Crippen LogP contribution in [0.2, 0.25) is 0 Å². The highest BCUT2D eigenvalue weighted by Crippen LogP contribution is 2.41. The van der Waals surface area contributed by atoms with E-state index < -0.39 is 0 Å². The van der Waals surface area contributed by atoms with Gasteiger partial charge >= 0.3 is 0 Å². The second-order valence-corrected chi connectivity index (χ2v) is 10.5. The van der Waals surface area contributed by atoms with Gasteiger partial charge in [-0.25, -0.2) is 9.12 Å². The standard InChI is InChI=1S/C28H20N6S2/c1-13-17-9-20-22(16-6-4-8-24-28(16)34-36-32-24)12-30-26(20)14(2)18(17)10-19-21(11-29-25(13)19)15-5-3-7-23-27(15)33-35-31-23/h3-12,23,29-31H,1-2H3. The first-order valence-electron chi connectivity index (χ1n) is 11.8. The molecule has 3 aromatic heterocycles. The lowest BCUT2D eigenvalue weighted by Crippen LogP contribution is -2.27. The van der Waals surface area contributed by atoms with Gasteiger partial charge < -0.3 is 9.97 Å². The predicted octanol–water partition coefficient (Wildman–Crippen LogP) is 7.02. The van der Waals surface area contributed by atoms with Crippen molar-refractivity contribution in [1.82, 2.24) is 23.4 Å². The lowest BCUT2D eigenvalue weighted by Gasteiger charge is -2.15. The second kappa shape index (κ2) is 7.39. The first kappa shape index (κ1) is 20.5. The molecule has 2 aliphatic rings. The van der Waals surface area contributed by atoms with E-state index in [9.17, 15) is 0 Å². The third-order valence-corrected chi connectivity index (χ3v) is 8.78. The molecule has 0 bridgehead atoms. The summed E-state index contributed by atoms with van der Waals surface area (Å²) in [5.41, 5.74) is 12.5. The number of hydrogen-bond donors (Lipinski definition) is 3. The largest absolute Gasteiger partial charge is 0.360 e. The van der Waals surface area contributed by atoms with E-state index in [-0.39, 0.29) is 6.04 Å². The molecule has 0 saturated carbocycles. The van der Waals surface area contributed by atoms with Crippen molar-refractivity contribution in [3.8, 4) is 11.1 Å². The Balaban J connectivity index is 1.39. The maximum Gasteiger partial charge on any atom is 0.112 e. The SMILES string of the molecule is Cc1c2cc3c(-c4cccc5nsnc45)c[nH]c3c(C)c2cc2c(C3=CC=CC4NSN=C34)c[nH]c12. The molecule has 6 nitrogen and oxygen atoms in total. The fourth-order valence-electron chi connectivity index (χ4n) is 5.76. The molecule has 36 heavy (non-hydrogen) atoms. The van der Waals surface area contributed by atoms with Crippen LogP contribution < -0.4 is 4.72 Å². The summed E-state index contributed by atoms with van der Waals surface area (Å²) in [4.78, 5) is 7.15. The molecule has 1 atom stereocenters. The monoisotopic (exact) mass is 504 g/mol. The molecule has 0 amide bonds. The number of allylic oxidation sites excluding steroid dienone is 2. The molecule has 0 fully saturated rings. The van der Waals surface area contributed by atoms with E-state index in [1.165, 1.54) is 73.2 Å². The summed E-state index contributed by atoms with van der Waals surface area (Å²) in [5.74, 6) is 0. The molecule has 1 aliphatic heterocycles. The quantitative estimate of drug-likeness (QED) is 0.221. The number of fused-ring (bicyclic) bond motifs is 5. The highest BCUT2D eigenvalue weighted by atomic mass is 32.2. The average Bonchev–Trinajstić information content (AvgIpc) is 3.69. The number of H-pyrrole nitrogens is 2. The fourth-order valence-corrected chi connectivity index (χ4v) is 6.98. The van der Waals surface area contributed by atoms with Gasteiger partial charge in [-0.2, -0.15) is 8.75 Å². The van der Waals surface area contributed by atoms with E-state index >= 15 is 0 Å². The van der Waals surface area contributed by atoms with Gasteiger partial charge in [0.05, 0.1) is 35.6 Å². The number of benzene rings is 3. The predicted molar refractivity (Wildman–Crippen MR) is 153 cm³/mol. The summed E-state index contributed by atoms with van der Waals surface area (Å²) in [7, 11) is 0. The van der Waals surface area contributed by atoms with Crippen LogP contribution in [0.1, 0.15) is 16.7 Å². The summed E-state index contributed by atoms with van der Waals surface area (Å²) in [6.45, 7) is 4.43. The molecule has 1 aliphatic carbocycles. The normalized spacial score (nSPS) is 17.4. The fraction of sp³-hybridized carbons (Fsp3) is 0.107. The van der Waals surface area contributed by atoms with Gasteiger partial charge in [0, 0.05) is 56.5 Å². The summed E-state index contributed by atoms with van der Waals surface area (Å²) >= 11 is 2.68. The van der Waals surface area contributed by atoms with Crippen molar-refractivity contribution in [2.24, 2.45) is 4.40 Å². The molecular weight excluding hydrogens is 484 g/mol. The molecule has 3 aromatic carbocycles. The van der Waals surface area contributed by atoms with E-state index in [1.807, 2.05) is 6.07 Å². The molecule has 174 valence electrons. The molecule has 0 radical (unpaired) electrons. The Bertz CT molecular complexity index is 1980. The number of hydrogen-bond acceptors (Lipinski definition) is 6. The Kier molecular flexibility index (Phi) is 4.20. The third kappa shape index (κ3) is 2.69. The van der Waals surface area contributed by atoms with Crippen molar-refractivity contribution in [2.45, 2.75) is 19.9 Å². The summed E-state index contributed by atoms with van der Waals surface area (Å²) in [6, 6.07) is 11.1. The maximum atomic E-state index is 4.67. The third-order valence-electron chi connectivity index (χ3n) is 7.59. The Morgan fingerprint density at radius 3 is 2.39 bits per heavy atom. The zero-order valence-electron chi connectivity index (χ0n) is 19.5. The van der Waals surface area contributed by atoms with E-state index in [2.05, 4.69) is 96.6 Å². The van der Waals surface area contributed by atoms with Gasteiger partial charge in [-0.15, -0.1) is 0 Å². The van der Waals surface area contributed by atoms with E-state index in [1.54, 1.807) is 0 Å². The van der Waals surface area contributed by atoms with E-state index in [0.717, 1.165) is 33.4 Å². The Morgan fingerprint density at radius 2 is 1.58 bits per heavy atom. The molecule has 0 spiro atoms. The minimum absolute atomic E-state index is 0.164. The molecule has 8 rings (SSSR count). The average molecular weight is 505 g/mol. The van der Waals surface area contributed by atoms with Gasteiger partial charge in [-0.1, -0.05) is 30.4 Å². The van der Waals surface area contributed by atoms with Gasteiger partial charge in [-0.3, -0.25) is 0 Å². The Morgan fingerprint density at radius 1 is 0.833 bits per heavy atom. The van der Waals surface area contributed by atoms with Crippen LogP contribution in [0.25, 0.3) is 60.3 Å². The molecular formula is C28H20N6S2. The minimum atomic E-state index is 0.164. The number of nitrogens with one attached hydrogen (secondary N) is 3. The van der Waals surface area contributed by atoms with Crippen LogP contribution in [0.4, 0.5) is 0 Å². The van der Waals surface area contributed by atoms with Gasteiger partial charge in [0.15, 0.2) is 0 Å². The van der Waals surface area contributed by atoms with Crippen molar-refractivity contribution < 1.29 is 0 Å². The van der Waals surface area contributed by atoms with Crippen LogP contribution in [-0.2, 0) is 0 Å². The first-order valence-corrected chi connectivity index (χ1v) is 13.3. The summed E-state index contributed by atoms with van der Waals surface area (Å²) in [6.07, 6.45) is 10.7. The second-order valence-electron chi connectivity index (χ2n) is 9.41. The lowest BCUT2D eigenvalue weighted by atomic mass is 9.89. The summed E-state index contributed by atoms with van der Waals surface area (Å²) in [5, 5.41) is 4.96. The van der Waals surface area contributed by atoms with Crippen molar-refractivity contribution in [3.05, 3.63) is 77.6 Å². The molecule has 0 saturated heterocycles. The molecule has 6 aromatic rings. The van der Waals surface area contributed by atoms with Crippen molar-refractivity contribution in [2.75, 3.05) is 0 Å². The number of aromatic amines is 2. The highest BCUT2D eigenvalue weighted by Gasteiger charge is 2.27. The number of rotatable bonds is 2. The van der Waals surface area contributed by atoms with Crippen LogP contribution >= 0.6 is 23.9 Å². The highest BCUT2D eigenvalue weighted by molar-refractivity contribution is 7.96. The van der Waals surface area contributed by atoms with Crippen LogP contribution in [0.15, 0.2) is 65.4 Å². The van der Waals surface area contributed by atoms with E-state index in [0.29, 0.717) is 0 Å². The van der Waals surface area contributed by atoms with Crippen LogP contribution in [-0.4, -0.2) is 30.5 Å². The van der Waals surface area contributed by atoms with Gasteiger partial charge in [0.25, 0.3) is 0 Å². The molecule has 3 N–H and O–H groups in total. The maximum absolute atomic E-state index is 4.67. The number of aryl methyl sites for hydroxylation is 2. The molecule has 1 unspecified atom stereocenters. The number of aromatic nitrogens is 4. The summed E-state index contributed by atoms with van der Waals surface area (Å²) < 4.78 is 17.0. The van der Waals surface area contributed by atoms with Gasteiger partial charge in [0.1, 0.15) is 11.0 Å². The Labute approximate surface area is 214 Å². The van der Waals surface area contributed by atoms with E-state index in [4.69, 9.17) is 0 Å². The topological polar surface area (TPSA) is 81.8 Å². The van der Waals surface area contributed by atoms with Crippen LogP contribution in [0.3, 0.4) is 0 Å². The lowest BCUT2D eigenvalue weighted by molar-refractivity contribution is 1.01. The van der Waals surface area contributed by atoms with Gasteiger partial charge in [0.2, 0.25) is 0 Å². The van der Waals surface area contributed by atoms with Crippen molar-refractivity contribution in [1.29, 1.82) is 0 Å². The Hall–Kier alpha value is -3.72. The number of nitrogens with zero attached hydrogens (tertiary/aromatic N) is 3. The molecule has 8 heteroatoms. The molecule has 4 heterocycles.